The number of quaternary nitrogens is 1. The molecule has 3 atom stereocenters. The fraction of sp³-hybridized carbons (Fsp3) is 0.815. The highest BCUT2D eigenvalue weighted by atomic mass is 31.2. The molecule has 438 valence electrons. The van der Waals surface area contributed by atoms with E-state index < -0.39 is 20.0 Å². The van der Waals surface area contributed by atoms with Crippen LogP contribution < -0.4 is 5.32 Å². The van der Waals surface area contributed by atoms with Crippen LogP contribution in [-0.2, 0) is 27.9 Å². The van der Waals surface area contributed by atoms with Crippen LogP contribution in [0.25, 0.3) is 0 Å². The maximum Gasteiger partial charge on any atom is 0.472 e. The van der Waals surface area contributed by atoms with Gasteiger partial charge in [0.2, 0.25) is 5.91 Å². The molecule has 10 heteroatoms. The second-order valence-electron chi connectivity index (χ2n) is 22.6. The van der Waals surface area contributed by atoms with Crippen LogP contribution >= 0.6 is 7.82 Å². The van der Waals surface area contributed by atoms with Crippen molar-refractivity contribution < 1.29 is 37.3 Å². The highest BCUT2D eigenvalue weighted by Gasteiger charge is 2.30. The molecule has 0 spiro atoms. The Bertz CT molecular complexity index is 1470. The fourth-order valence-corrected chi connectivity index (χ4v) is 9.85. The first-order valence-electron chi connectivity index (χ1n) is 31.6. The third-order valence-electron chi connectivity index (χ3n) is 14.0. The number of nitrogens with one attached hydrogen (secondary N) is 1. The molecule has 0 aromatic heterocycles. The van der Waals surface area contributed by atoms with E-state index in [2.05, 4.69) is 74.7 Å². The molecule has 2 N–H and O–H groups in total. The zero-order chi connectivity index (χ0) is 55.0. The van der Waals surface area contributed by atoms with Crippen LogP contribution in [-0.4, -0.2) is 74.3 Å². The minimum atomic E-state index is -4.45. The molecule has 0 saturated carbocycles. The second-order valence-corrected chi connectivity index (χ2v) is 24.1. The van der Waals surface area contributed by atoms with Gasteiger partial charge in [0.25, 0.3) is 0 Å². The van der Waals surface area contributed by atoms with E-state index in [4.69, 9.17) is 13.8 Å². The summed E-state index contributed by atoms with van der Waals surface area (Å²) in [6.07, 6.45) is 69.5. The molecule has 9 nitrogen and oxygen atoms in total. The Labute approximate surface area is 464 Å². The summed E-state index contributed by atoms with van der Waals surface area (Å²) in [5.41, 5.74) is 0. The normalized spacial score (nSPS) is 14.1. The number of allylic oxidation sites excluding steroid dienone is 9. The van der Waals surface area contributed by atoms with Crippen LogP contribution in [0.1, 0.15) is 290 Å². The van der Waals surface area contributed by atoms with Crippen LogP contribution in [0.5, 0.6) is 0 Å². The molecule has 1 amide bonds. The van der Waals surface area contributed by atoms with Gasteiger partial charge in [0.05, 0.1) is 33.8 Å². The number of esters is 1. The van der Waals surface area contributed by atoms with Crippen molar-refractivity contribution >= 4 is 19.7 Å². The average Bonchev–Trinajstić information content (AvgIpc) is 3.37. The van der Waals surface area contributed by atoms with Crippen molar-refractivity contribution in [2.45, 2.75) is 303 Å². The molecule has 0 aliphatic carbocycles. The molecule has 0 saturated heterocycles. The first-order valence-corrected chi connectivity index (χ1v) is 33.1. The summed E-state index contributed by atoms with van der Waals surface area (Å²) < 4.78 is 30.6. The number of amides is 1. The number of carbonyl (C=O) groups excluding carboxylic acids is 2. The summed E-state index contributed by atoms with van der Waals surface area (Å²) in [6.45, 7) is 6.87. The highest BCUT2D eigenvalue weighted by molar-refractivity contribution is 7.47. The van der Waals surface area contributed by atoms with Crippen molar-refractivity contribution in [1.29, 1.82) is 0 Å². The number of hydrogen-bond acceptors (Lipinski definition) is 6. The molecule has 0 rings (SSSR count). The largest absolute Gasteiger partial charge is 0.472 e. The average molecular weight is 1070 g/mol. The lowest BCUT2D eigenvalue weighted by atomic mass is 10.0. The number of carbonyl (C=O) groups is 2. The molecule has 0 aromatic rings. The van der Waals surface area contributed by atoms with Crippen molar-refractivity contribution in [3.8, 4) is 0 Å². The van der Waals surface area contributed by atoms with Gasteiger partial charge in [-0.15, -0.1) is 0 Å². The van der Waals surface area contributed by atoms with E-state index in [1.807, 2.05) is 33.3 Å². The quantitative estimate of drug-likeness (QED) is 0.0156. The van der Waals surface area contributed by atoms with Gasteiger partial charge in [0.1, 0.15) is 19.3 Å². The van der Waals surface area contributed by atoms with E-state index in [-0.39, 0.29) is 31.5 Å². The molecule has 0 aliphatic heterocycles. The van der Waals surface area contributed by atoms with Crippen molar-refractivity contribution in [3.05, 3.63) is 60.8 Å². The van der Waals surface area contributed by atoms with Crippen LogP contribution in [0.4, 0.5) is 0 Å². The van der Waals surface area contributed by atoms with E-state index in [0.717, 1.165) is 77.0 Å². The van der Waals surface area contributed by atoms with Gasteiger partial charge >= 0.3 is 13.8 Å². The van der Waals surface area contributed by atoms with E-state index in [1.165, 1.54) is 173 Å². The van der Waals surface area contributed by atoms with Gasteiger partial charge in [0, 0.05) is 12.8 Å². The first-order chi connectivity index (χ1) is 36.4. The molecule has 0 radical (unpaired) electrons. The zero-order valence-corrected chi connectivity index (χ0v) is 50.9. The molecule has 0 aliphatic rings. The molecule has 0 aromatic carbocycles. The van der Waals surface area contributed by atoms with Gasteiger partial charge < -0.3 is 19.4 Å². The van der Waals surface area contributed by atoms with E-state index in [9.17, 15) is 19.0 Å². The highest BCUT2D eigenvalue weighted by Crippen LogP contribution is 2.43. The zero-order valence-electron chi connectivity index (χ0n) is 50.0. The predicted molar refractivity (Wildman–Crippen MR) is 323 cm³/mol. The lowest BCUT2D eigenvalue weighted by Gasteiger charge is -2.27. The summed E-state index contributed by atoms with van der Waals surface area (Å²) in [6, 6.07) is -0.856. The van der Waals surface area contributed by atoms with Crippen LogP contribution in [0.3, 0.4) is 0 Å². The number of phosphoric ester groups is 1. The lowest BCUT2D eigenvalue weighted by molar-refractivity contribution is -0.870. The number of ether oxygens (including phenoxy) is 1. The maximum absolute atomic E-state index is 13.5. The van der Waals surface area contributed by atoms with Gasteiger partial charge in [-0.05, 0) is 76.7 Å². The molecule has 75 heavy (non-hydrogen) atoms. The number of rotatable bonds is 57. The minimum absolute atomic E-state index is 0.0362. The number of likely N-dealkylation sites (N-methyl/N-ethyl adjacent to an activating group) is 1. The topological polar surface area (TPSA) is 111 Å². The Morgan fingerprint density at radius 1 is 0.480 bits per heavy atom. The Balaban J connectivity index is 5.05. The number of unbranched alkanes of at least 4 members (excludes halogenated alkanes) is 35. The number of phosphoric acid groups is 1. The predicted octanol–water partition coefficient (Wildman–Crippen LogP) is 19.4. The Hall–Kier alpha value is -2.29. The molecule has 3 unspecified atom stereocenters. The smallest absolute Gasteiger partial charge is 0.456 e. The molecule has 0 fully saturated rings. The maximum atomic E-state index is 13.5. The van der Waals surface area contributed by atoms with Crippen molar-refractivity contribution in [3.63, 3.8) is 0 Å². The van der Waals surface area contributed by atoms with Gasteiger partial charge in [-0.25, -0.2) is 4.57 Å². The van der Waals surface area contributed by atoms with E-state index >= 15 is 0 Å². The second kappa shape index (κ2) is 55.0. The third-order valence-corrected chi connectivity index (χ3v) is 15.0. The van der Waals surface area contributed by atoms with Crippen molar-refractivity contribution in [1.82, 2.24) is 5.32 Å². The summed E-state index contributed by atoms with van der Waals surface area (Å²) >= 11 is 0. The fourth-order valence-electron chi connectivity index (χ4n) is 9.11. The third kappa shape index (κ3) is 56.2. The summed E-state index contributed by atoms with van der Waals surface area (Å²) in [7, 11) is 1.49. The molecule has 0 bridgehead atoms. The Kier molecular flexibility index (Phi) is 53.4. The molecule has 0 heterocycles. The first kappa shape index (κ1) is 72.7. The number of hydrogen-bond donors (Lipinski definition) is 2. The van der Waals surface area contributed by atoms with Crippen molar-refractivity contribution in [2.24, 2.45) is 0 Å². The van der Waals surface area contributed by atoms with Crippen molar-refractivity contribution in [2.75, 3.05) is 40.9 Å². The van der Waals surface area contributed by atoms with E-state index in [0.29, 0.717) is 23.9 Å². The van der Waals surface area contributed by atoms with Gasteiger partial charge in [-0.2, -0.15) is 0 Å². The van der Waals surface area contributed by atoms with Crippen LogP contribution in [0, 0.1) is 0 Å². The van der Waals surface area contributed by atoms with Gasteiger partial charge in [-0.1, -0.05) is 262 Å². The minimum Gasteiger partial charge on any atom is -0.456 e. The number of nitrogens with zero attached hydrogens (tertiary/aromatic N) is 1. The SMILES string of the molecule is CC/C=C/C=C/C=C\CCCCCCCC(=O)OC(/C=C\CCCCCCCCCCC)C(COP(=O)(O)OCC[N+](C)(C)C)NC(=O)CCCCCCCCCCCCCCCCC/C=C/CCCCCCCC. The Morgan fingerprint density at radius 3 is 1.31 bits per heavy atom. The van der Waals surface area contributed by atoms with Gasteiger partial charge in [0.15, 0.2) is 0 Å². The summed E-state index contributed by atoms with van der Waals surface area (Å²) in [4.78, 5) is 37.6. The standard InChI is InChI=1S/C65H121N2O7P/c1-7-10-13-16-19-22-25-27-28-29-30-31-32-33-34-35-36-37-38-40-42-45-48-51-54-57-64(68)66-62(61-73-75(70,71)72-60-59-67(4,5)6)63(56-53-50-47-44-41-24-21-18-15-12-9-3)74-65(69)58-55-52-49-46-43-39-26-23-20-17-14-11-8-2/h11,14,17,20,23,26-28,53,56,62-63H,7-10,12-13,15-16,18-19,21-22,24-25,29-52,54-55,57-61H2,1-6H3,(H-,66,68,70,71)/p+1/b14-11+,20-17+,26-23-,28-27+,56-53-. The summed E-state index contributed by atoms with van der Waals surface area (Å²) in [5.74, 6) is -0.523. The molecular weight excluding hydrogens is 952 g/mol. The summed E-state index contributed by atoms with van der Waals surface area (Å²) in [5, 5.41) is 3.05. The van der Waals surface area contributed by atoms with Crippen LogP contribution in [0.2, 0.25) is 0 Å². The van der Waals surface area contributed by atoms with Gasteiger partial charge in [-0.3, -0.25) is 18.6 Å². The monoisotopic (exact) mass is 1070 g/mol. The molecular formula is C65H122N2O7P+. The Morgan fingerprint density at radius 2 is 0.867 bits per heavy atom. The lowest BCUT2D eigenvalue weighted by Crippen LogP contribution is -2.47. The van der Waals surface area contributed by atoms with E-state index in [1.54, 1.807) is 0 Å². The van der Waals surface area contributed by atoms with Crippen LogP contribution in [0.15, 0.2) is 60.8 Å².